The summed E-state index contributed by atoms with van der Waals surface area (Å²) in [6.45, 7) is 10.3. The molecule has 4 unspecified atom stereocenters. The Balaban J connectivity index is 2.04. The molecule has 4 atom stereocenters. The molecule has 2 aliphatic rings. The fourth-order valence-electron chi connectivity index (χ4n) is 3.23. The standard InChI is InChI=1S/C16H30N2O2/c1-5-12(4)14-16(19)18(15(17-14)11(2)3)10-13-8-6-7-9-20-13/h11-15,17H,5-10H2,1-4H3. The second-order valence-electron chi connectivity index (χ2n) is 6.70. The SMILES string of the molecule is CCC(C)C1NC(C(C)C)N(CC2CCCCO2)C1=O. The average molecular weight is 282 g/mol. The topological polar surface area (TPSA) is 41.6 Å². The van der Waals surface area contributed by atoms with Crippen LogP contribution in [0, 0.1) is 11.8 Å². The predicted molar refractivity (Wildman–Crippen MR) is 80.3 cm³/mol. The Morgan fingerprint density at radius 2 is 2.10 bits per heavy atom. The van der Waals surface area contributed by atoms with Crippen LogP contribution in [0.2, 0.25) is 0 Å². The molecular weight excluding hydrogens is 252 g/mol. The highest BCUT2D eigenvalue weighted by Gasteiger charge is 2.42. The molecule has 2 fully saturated rings. The van der Waals surface area contributed by atoms with Gasteiger partial charge in [-0.1, -0.05) is 34.1 Å². The Bertz CT molecular complexity index is 326. The van der Waals surface area contributed by atoms with Gasteiger partial charge in [0, 0.05) is 13.2 Å². The van der Waals surface area contributed by atoms with Gasteiger partial charge in [0.25, 0.3) is 0 Å². The molecule has 0 aromatic rings. The molecule has 2 heterocycles. The van der Waals surface area contributed by atoms with E-state index in [1.807, 2.05) is 4.90 Å². The maximum Gasteiger partial charge on any atom is 0.241 e. The molecule has 2 aliphatic heterocycles. The van der Waals surface area contributed by atoms with Crippen LogP contribution in [0.1, 0.15) is 53.4 Å². The van der Waals surface area contributed by atoms with Crippen molar-refractivity contribution in [3.63, 3.8) is 0 Å². The van der Waals surface area contributed by atoms with Gasteiger partial charge in [0.1, 0.15) is 0 Å². The Kier molecular flexibility index (Phi) is 5.44. The molecule has 2 rings (SSSR count). The number of hydrogen-bond donors (Lipinski definition) is 1. The lowest BCUT2D eigenvalue weighted by Crippen LogP contribution is -2.46. The van der Waals surface area contributed by atoms with E-state index in [4.69, 9.17) is 4.74 Å². The Morgan fingerprint density at radius 3 is 2.65 bits per heavy atom. The van der Waals surface area contributed by atoms with Crippen LogP contribution in [0.4, 0.5) is 0 Å². The molecule has 20 heavy (non-hydrogen) atoms. The van der Waals surface area contributed by atoms with E-state index in [0.29, 0.717) is 11.8 Å². The fourth-order valence-corrected chi connectivity index (χ4v) is 3.23. The third-order valence-corrected chi connectivity index (χ3v) is 4.75. The van der Waals surface area contributed by atoms with Crippen molar-refractivity contribution in [3.05, 3.63) is 0 Å². The fraction of sp³-hybridized carbons (Fsp3) is 0.938. The highest BCUT2D eigenvalue weighted by Crippen LogP contribution is 2.25. The summed E-state index contributed by atoms with van der Waals surface area (Å²) in [5, 5.41) is 3.55. The number of rotatable bonds is 5. The first kappa shape index (κ1) is 15.8. The summed E-state index contributed by atoms with van der Waals surface area (Å²) in [7, 11) is 0. The molecule has 0 aromatic heterocycles. The number of ether oxygens (including phenoxy) is 1. The molecule has 0 aromatic carbocycles. The van der Waals surface area contributed by atoms with Crippen LogP contribution < -0.4 is 5.32 Å². The van der Waals surface area contributed by atoms with E-state index < -0.39 is 0 Å². The molecule has 1 N–H and O–H groups in total. The van der Waals surface area contributed by atoms with Gasteiger partial charge in [-0.05, 0) is 31.1 Å². The van der Waals surface area contributed by atoms with Gasteiger partial charge in [-0.25, -0.2) is 0 Å². The van der Waals surface area contributed by atoms with Crippen molar-refractivity contribution in [1.82, 2.24) is 10.2 Å². The Labute approximate surface area is 123 Å². The third kappa shape index (κ3) is 3.34. The summed E-state index contributed by atoms with van der Waals surface area (Å²) >= 11 is 0. The summed E-state index contributed by atoms with van der Waals surface area (Å²) in [6.07, 6.45) is 4.89. The predicted octanol–water partition coefficient (Wildman–Crippen LogP) is 2.38. The third-order valence-electron chi connectivity index (χ3n) is 4.75. The molecule has 0 radical (unpaired) electrons. The minimum Gasteiger partial charge on any atom is -0.376 e. The van der Waals surface area contributed by atoms with Crippen LogP contribution >= 0.6 is 0 Å². The van der Waals surface area contributed by atoms with Crippen LogP contribution in [-0.2, 0) is 9.53 Å². The van der Waals surface area contributed by atoms with E-state index in [1.165, 1.54) is 6.42 Å². The first-order valence-corrected chi connectivity index (χ1v) is 8.22. The van der Waals surface area contributed by atoms with Gasteiger partial charge in [0.15, 0.2) is 0 Å². The molecule has 0 spiro atoms. The minimum absolute atomic E-state index is 0.0176. The summed E-state index contributed by atoms with van der Waals surface area (Å²) in [4.78, 5) is 14.7. The van der Waals surface area contributed by atoms with Crippen LogP contribution in [0.3, 0.4) is 0 Å². The normalized spacial score (nSPS) is 33.0. The minimum atomic E-state index is -0.0176. The Morgan fingerprint density at radius 1 is 1.35 bits per heavy atom. The second-order valence-corrected chi connectivity index (χ2v) is 6.70. The lowest BCUT2D eigenvalue weighted by atomic mass is 9.99. The molecule has 1 amide bonds. The zero-order valence-electron chi connectivity index (χ0n) is 13.4. The van der Waals surface area contributed by atoms with Crippen LogP contribution in [0.25, 0.3) is 0 Å². The lowest BCUT2D eigenvalue weighted by molar-refractivity contribution is -0.134. The maximum absolute atomic E-state index is 12.7. The largest absolute Gasteiger partial charge is 0.376 e. The maximum atomic E-state index is 12.7. The van der Waals surface area contributed by atoms with E-state index >= 15 is 0 Å². The van der Waals surface area contributed by atoms with Crippen molar-refractivity contribution < 1.29 is 9.53 Å². The van der Waals surface area contributed by atoms with Crippen molar-refractivity contribution in [2.24, 2.45) is 11.8 Å². The van der Waals surface area contributed by atoms with Gasteiger partial charge < -0.3 is 9.64 Å². The second kappa shape index (κ2) is 6.90. The molecule has 4 heteroatoms. The van der Waals surface area contributed by atoms with E-state index in [-0.39, 0.29) is 24.2 Å². The zero-order chi connectivity index (χ0) is 14.7. The van der Waals surface area contributed by atoms with Crippen molar-refractivity contribution in [1.29, 1.82) is 0 Å². The molecule has 116 valence electrons. The molecule has 0 aliphatic carbocycles. The zero-order valence-corrected chi connectivity index (χ0v) is 13.4. The summed E-state index contributed by atoms with van der Waals surface area (Å²) in [5.74, 6) is 1.09. The first-order valence-electron chi connectivity index (χ1n) is 8.22. The van der Waals surface area contributed by atoms with Crippen molar-refractivity contribution in [3.8, 4) is 0 Å². The highest BCUT2D eigenvalue weighted by atomic mass is 16.5. The first-order chi connectivity index (χ1) is 9.54. The van der Waals surface area contributed by atoms with Crippen molar-refractivity contribution in [2.75, 3.05) is 13.2 Å². The monoisotopic (exact) mass is 282 g/mol. The smallest absolute Gasteiger partial charge is 0.241 e. The van der Waals surface area contributed by atoms with Gasteiger partial charge in [0.2, 0.25) is 5.91 Å². The number of nitrogens with one attached hydrogen (secondary N) is 1. The number of carbonyl (C=O) groups excluding carboxylic acids is 1. The number of nitrogens with zero attached hydrogens (tertiary/aromatic N) is 1. The number of amides is 1. The van der Waals surface area contributed by atoms with Gasteiger partial charge in [-0.3, -0.25) is 10.1 Å². The van der Waals surface area contributed by atoms with Gasteiger partial charge >= 0.3 is 0 Å². The molecule has 4 nitrogen and oxygen atoms in total. The molecular formula is C16H30N2O2. The van der Waals surface area contributed by atoms with Crippen molar-refractivity contribution >= 4 is 5.91 Å². The lowest BCUT2D eigenvalue weighted by Gasteiger charge is -2.32. The molecule has 2 saturated heterocycles. The van der Waals surface area contributed by atoms with Gasteiger partial charge in [-0.2, -0.15) is 0 Å². The van der Waals surface area contributed by atoms with Crippen LogP contribution in [-0.4, -0.2) is 42.3 Å². The van der Waals surface area contributed by atoms with Crippen LogP contribution in [0.5, 0.6) is 0 Å². The quantitative estimate of drug-likeness (QED) is 0.842. The summed E-state index contributed by atoms with van der Waals surface area (Å²) < 4.78 is 5.82. The van der Waals surface area contributed by atoms with E-state index in [1.54, 1.807) is 0 Å². The van der Waals surface area contributed by atoms with Crippen LogP contribution in [0.15, 0.2) is 0 Å². The Hall–Kier alpha value is -0.610. The van der Waals surface area contributed by atoms with E-state index in [2.05, 4.69) is 33.0 Å². The molecule has 0 bridgehead atoms. The molecule has 0 saturated carbocycles. The number of carbonyl (C=O) groups is 1. The van der Waals surface area contributed by atoms with Gasteiger partial charge in [0.05, 0.1) is 18.3 Å². The highest BCUT2D eigenvalue weighted by molar-refractivity contribution is 5.84. The summed E-state index contributed by atoms with van der Waals surface area (Å²) in [5.41, 5.74) is 0. The summed E-state index contributed by atoms with van der Waals surface area (Å²) in [6, 6.07) is -0.0176. The number of hydrogen-bond acceptors (Lipinski definition) is 3. The van der Waals surface area contributed by atoms with E-state index in [0.717, 1.165) is 32.4 Å². The average Bonchev–Trinajstić information content (AvgIpc) is 2.77. The van der Waals surface area contributed by atoms with Gasteiger partial charge in [-0.15, -0.1) is 0 Å². The van der Waals surface area contributed by atoms with E-state index in [9.17, 15) is 4.79 Å². The van der Waals surface area contributed by atoms with Crippen molar-refractivity contribution in [2.45, 2.75) is 71.7 Å².